The molecule has 0 bridgehead atoms. The minimum atomic E-state index is -1.28. The summed E-state index contributed by atoms with van der Waals surface area (Å²) in [6, 6.07) is 32.3. The van der Waals surface area contributed by atoms with E-state index in [4.69, 9.17) is 14.9 Å². The molecule has 6 rings (SSSR count). The third-order valence-corrected chi connectivity index (χ3v) is 8.37. The number of rotatable bonds is 10. The molecule has 3 N–H and O–H groups in total. The molecule has 2 amide bonds. The monoisotopic (exact) mass is 642 g/mol. The Morgan fingerprint density at radius 2 is 1.50 bits per heavy atom. The molecule has 0 saturated carbocycles. The number of amides is 2. The molecule has 0 fully saturated rings. The van der Waals surface area contributed by atoms with E-state index in [0.717, 1.165) is 44.2 Å². The maximum atomic E-state index is 14.0. The van der Waals surface area contributed by atoms with E-state index in [1.165, 1.54) is 0 Å². The van der Waals surface area contributed by atoms with Gasteiger partial charge in [0.05, 0.1) is 12.6 Å². The van der Waals surface area contributed by atoms with Crippen LogP contribution in [-0.2, 0) is 28.9 Å². The highest BCUT2D eigenvalue weighted by Crippen LogP contribution is 2.28. The van der Waals surface area contributed by atoms with E-state index >= 15 is 0 Å². The van der Waals surface area contributed by atoms with Gasteiger partial charge in [-0.05, 0) is 68.1 Å². The van der Waals surface area contributed by atoms with Crippen LogP contribution in [0.25, 0.3) is 21.7 Å². The number of nitrogens with zero attached hydrogens (tertiary/aromatic N) is 3. The van der Waals surface area contributed by atoms with Crippen molar-refractivity contribution >= 4 is 33.7 Å². The molecule has 0 saturated heterocycles. The third kappa shape index (κ3) is 7.41. The van der Waals surface area contributed by atoms with Gasteiger partial charge in [-0.25, -0.2) is 4.79 Å². The first-order valence-electron chi connectivity index (χ1n) is 16.3. The number of ether oxygens (including phenoxy) is 1. The summed E-state index contributed by atoms with van der Waals surface area (Å²) in [7, 11) is 0. The molecule has 2 aromatic heterocycles. The highest BCUT2D eigenvalue weighted by atomic mass is 16.6. The largest absolute Gasteiger partial charge is 0.444 e. The van der Waals surface area contributed by atoms with Crippen molar-refractivity contribution in [3.05, 3.63) is 132 Å². The summed E-state index contributed by atoms with van der Waals surface area (Å²) < 4.78 is 7.59. The summed E-state index contributed by atoms with van der Waals surface area (Å²) in [5.74, 6) is 1.04. The van der Waals surface area contributed by atoms with E-state index in [1.54, 1.807) is 34.6 Å². The number of aromatic amines is 1. The highest BCUT2D eigenvalue weighted by Gasteiger charge is 2.35. The molecule has 0 spiro atoms. The number of alkyl carbamates (subject to hydrolysis) is 1. The summed E-state index contributed by atoms with van der Waals surface area (Å²) in [5, 5.41) is 18.8. The number of carbonyl (C=O) groups excluding carboxylic acids is 2. The molecule has 246 valence electrons. The second-order valence-corrected chi connectivity index (χ2v) is 13.7. The SMILES string of the molecule is CC(C)(C)OC(=O)NC(C)(C)C(=O)N[C@H](Cc1c[nH]c2ccccc12)c1nnc(Cc2ccccc2)n1Cc1cccc2ccccc12. The Kier molecular flexibility index (Phi) is 9.04. The summed E-state index contributed by atoms with van der Waals surface area (Å²) in [5.41, 5.74) is 2.27. The summed E-state index contributed by atoms with van der Waals surface area (Å²) in [6.45, 7) is 9.19. The zero-order chi connectivity index (χ0) is 33.9. The fourth-order valence-electron chi connectivity index (χ4n) is 5.97. The van der Waals surface area contributed by atoms with E-state index < -0.39 is 23.3 Å². The van der Waals surface area contributed by atoms with E-state index in [-0.39, 0.29) is 5.91 Å². The molecule has 2 heterocycles. The van der Waals surface area contributed by atoms with Crippen LogP contribution in [0.1, 0.15) is 69.0 Å². The highest BCUT2D eigenvalue weighted by molar-refractivity contribution is 5.90. The minimum absolute atomic E-state index is 0.373. The fourth-order valence-corrected chi connectivity index (χ4v) is 5.97. The van der Waals surface area contributed by atoms with Crippen LogP contribution in [0.4, 0.5) is 4.79 Å². The smallest absolute Gasteiger partial charge is 0.408 e. The molecule has 48 heavy (non-hydrogen) atoms. The molecule has 0 aliphatic carbocycles. The molecule has 0 radical (unpaired) electrons. The number of nitrogens with one attached hydrogen (secondary N) is 3. The van der Waals surface area contributed by atoms with Gasteiger partial charge in [0.1, 0.15) is 17.0 Å². The molecule has 0 aliphatic heterocycles. The van der Waals surface area contributed by atoms with Gasteiger partial charge in [-0.3, -0.25) is 4.79 Å². The first-order valence-corrected chi connectivity index (χ1v) is 16.3. The number of benzene rings is 4. The van der Waals surface area contributed by atoms with Gasteiger partial charge in [-0.15, -0.1) is 10.2 Å². The predicted octanol–water partition coefficient (Wildman–Crippen LogP) is 7.26. The van der Waals surface area contributed by atoms with Crippen LogP contribution in [0.2, 0.25) is 0 Å². The summed E-state index contributed by atoms with van der Waals surface area (Å²) in [6.07, 6.45) is 2.32. The average Bonchev–Trinajstić information content (AvgIpc) is 3.63. The Labute approximate surface area is 280 Å². The number of fused-ring (bicyclic) bond motifs is 2. The molecule has 0 unspecified atom stereocenters. The Balaban J connectivity index is 1.42. The molecule has 0 aliphatic rings. The normalized spacial score (nSPS) is 12.6. The molecule has 9 heteroatoms. The second kappa shape index (κ2) is 13.4. The van der Waals surface area contributed by atoms with Gasteiger partial charge >= 0.3 is 6.09 Å². The van der Waals surface area contributed by atoms with E-state index in [0.29, 0.717) is 25.2 Å². The lowest BCUT2D eigenvalue weighted by Gasteiger charge is -2.30. The zero-order valence-corrected chi connectivity index (χ0v) is 28.1. The van der Waals surface area contributed by atoms with Crippen molar-refractivity contribution in [2.75, 3.05) is 0 Å². The van der Waals surface area contributed by atoms with Gasteiger partial charge in [0.25, 0.3) is 0 Å². The number of para-hydroxylation sites is 1. The Morgan fingerprint density at radius 1 is 0.812 bits per heavy atom. The van der Waals surface area contributed by atoms with Crippen molar-refractivity contribution in [1.82, 2.24) is 30.4 Å². The molecular weight excluding hydrogens is 600 g/mol. The molecule has 4 aromatic carbocycles. The van der Waals surface area contributed by atoms with Gasteiger partial charge in [-0.2, -0.15) is 0 Å². The number of carbonyl (C=O) groups is 2. The lowest BCUT2D eigenvalue weighted by Crippen LogP contribution is -2.56. The first-order chi connectivity index (χ1) is 23.0. The number of hydrogen-bond acceptors (Lipinski definition) is 5. The lowest BCUT2D eigenvalue weighted by molar-refractivity contribution is -0.127. The molecular formula is C39H42N6O3. The van der Waals surface area contributed by atoms with Crippen LogP contribution in [0, 0.1) is 0 Å². The van der Waals surface area contributed by atoms with Gasteiger partial charge < -0.3 is 24.9 Å². The van der Waals surface area contributed by atoms with Gasteiger partial charge in [0, 0.05) is 29.9 Å². The van der Waals surface area contributed by atoms with Crippen LogP contribution >= 0.6 is 0 Å². The molecule has 6 aromatic rings. The van der Waals surface area contributed by atoms with Crippen LogP contribution < -0.4 is 10.6 Å². The standard InChI is InChI=1S/C39H42N6O3/c1-38(2,3)48-37(47)42-39(4,5)36(46)41-33(23-29-24-40-32-21-12-11-20-31(29)32)35-44-43-34(22-26-14-7-6-8-15-26)45(35)25-28-18-13-17-27-16-9-10-19-30(27)28/h6-21,24,33,40H,22-23,25H2,1-5H3,(H,41,46)(H,42,47)/t33-/m1/s1. The van der Waals surface area contributed by atoms with E-state index in [2.05, 4.69) is 68.7 Å². The minimum Gasteiger partial charge on any atom is -0.444 e. The van der Waals surface area contributed by atoms with Crippen LogP contribution in [0.15, 0.2) is 103 Å². The van der Waals surface area contributed by atoms with Crippen molar-refractivity contribution in [2.24, 2.45) is 0 Å². The Bertz CT molecular complexity index is 2050. The Morgan fingerprint density at radius 3 is 2.27 bits per heavy atom. The predicted molar refractivity (Wildman–Crippen MR) is 189 cm³/mol. The number of aromatic nitrogens is 4. The first kappa shape index (κ1) is 32.5. The van der Waals surface area contributed by atoms with Gasteiger partial charge in [0.2, 0.25) is 5.91 Å². The van der Waals surface area contributed by atoms with E-state index in [9.17, 15) is 9.59 Å². The van der Waals surface area contributed by atoms with Gasteiger partial charge in [0.15, 0.2) is 5.82 Å². The maximum absolute atomic E-state index is 14.0. The molecule has 9 nitrogen and oxygen atoms in total. The van der Waals surface area contributed by atoms with Crippen molar-refractivity contribution in [3.8, 4) is 0 Å². The maximum Gasteiger partial charge on any atom is 0.408 e. The summed E-state index contributed by atoms with van der Waals surface area (Å²) >= 11 is 0. The van der Waals surface area contributed by atoms with Crippen LogP contribution in [-0.4, -0.2) is 42.9 Å². The Hall–Kier alpha value is -5.44. The fraction of sp³-hybridized carbons (Fsp3) is 0.282. The number of H-pyrrole nitrogens is 1. The molecule has 1 atom stereocenters. The topological polar surface area (TPSA) is 114 Å². The van der Waals surface area contributed by atoms with Crippen molar-refractivity contribution in [3.63, 3.8) is 0 Å². The van der Waals surface area contributed by atoms with Crippen LogP contribution in [0.5, 0.6) is 0 Å². The zero-order valence-electron chi connectivity index (χ0n) is 28.1. The number of hydrogen-bond donors (Lipinski definition) is 3. The van der Waals surface area contributed by atoms with Crippen molar-refractivity contribution in [2.45, 2.75) is 71.2 Å². The van der Waals surface area contributed by atoms with E-state index in [1.807, 2.05) is 54.7 Å². The van der Waals surface area contributed by atoms with Crippen molar-refractivity contribution in [1.29, 1.82) is 0 Å². The summed E-state index contributed by atoms with van der Waals surface area (Å²) in [4.78, 5) is 30.1. The average molecular weight is 643 g/mol. The second-order valence-electron chi connectivity index (χ2n) is 13.7. The van der Waals surface area contributed by atoms with Crippen molar-refractivity contribution < 1.29 is 14.3 Å². The van der Waals surface area contributed by atoms with Crippen LogP contribution in [0.3, 0.4) is 0 Å². The lowest BCUT2D eigenvalue weighted by atomic mass is 10.00. The third-order valence-electron chi connectivity index (χ3n) is 8.37. The quantitative estimate of drug-likeness (QED) is 0.146. The van der Waals surface area contributed by atoms with Gasteiger partial charge in [-0.1, -0.05) is 91.0 Å².